The molecule has 5 N–H and O–H groups in total. The molecule has 0 bridgehead atoms. The van der Waals surface area contributed by atoms with Gasteiger partial charge in [-0.25, -0.2) is 0 Å². The van der Waals surface area contributed by atoms with Crippen molar-refractivity contribution in [3.05, 3.63) is 69.7 Å². The van der Waals surface area contributed by atoms with Gasteiger partial charge in [0.1, 0.15) is 16.7 Å². The quantitative estimate of drug-likeness (QED) is 0.349. The smallest absolute Gasteiger partial charge is 0.273 e. The van der Waals surface area contributed by atoms with Crippen LogP contribution in [0.3, 0.4) is 0 Å². The zero-order valence-corrected chi connectivity index (χ0v) is 23.0. The van der Waals surface area contributed by atoms with Gasteiger partial charge in [-0.2, -0.15) is 4.37 Å². The van der Waals surface area contributed by atoms with Gasteiger partial charge in [0.15, 0.2) is 5.69 Å². The first kappa shape index (κ1) is 28.1. The standard InChI is InChI=1S/C28H33N5O5S/c1-4-37-20-11-8-18(9-12-20)24(27(35)31-15-21-6-5-13-38-21)33(19-10-7-16(2)17(3)14-19)28(36)25-22(29)23(26(30)34)32-39-25/h7-12,14,21,24H,4-6,13,15,29H2,1-3H3,(H2,30,34)(H,31,35)/t21-,24-/m1/s1. The summed E-state index contributed by atoms with van der Waals surface area (Å²) < 4.78 is 15.3. The second kappa shape index (κ2) is 12.3. The van der Waals surface area contributed by atoms with Crippen LogP contribution in [0.25, 0.3) is 0 Å². The highest BCUT2D eigenvalue weighted by atomic mass is 32.1. The maximum absolute atomic E-state index is 14.2. The number of nitrogens with two attached hydrogens (primary N) is 2. The van der Waals surface area contributed by atoms with E-state index in [1.807, 2.05) is 32.9 Å². The van der Waals surface area contributed by atoms with Gasteiger partial charge in [-0.3, -0.25) is 19.3 Å². The average Bonchev–Trinajstić information content (AvgIpc) is 3.58. The van der Waals surface area contributed by atoms with Crippen molar-refractivity contribution in [1.82, 2.24) is 9.69 Å². The zero-order chi connectivity index (χ0) is 28.1. The Balaban J connectivity index is 1.82. The number of rotatable bonds is 10. The molecule has 4 rings (SSSR count). The Labute approximate surface area is 231 Å². The van der Waals surface area contributed by atoms with Gasteiger partial charge in [0.05, 0.1) is 18.4 Å². The van der Waals surface area contributed by atoms with Crippen LogP contribution in [0.4, 0.5) is 11.4 Å². The lowest BCUT2D eigenvalue weighted by Gasteiger charge is -2.32. The molecule has 10 nitrogen and oxygen atoms in total. The van der Waals surface area contributed by atoms with Crippen molar-refractivity contribution in [2.24, 2.45) is 5.73 Å². The van der Waals surface area contributed by atoms with E-state index < -0.39 is 17.9 Å². The number of carbonyl (C=O) groups excluding carboxylic acids is 3. The maximum Gasteiger partial charge on any atom is 0.273 e. The van der Waals surface area contributed by atoms with Crippen molar-refractivity contribution < 1.29 is 23.9 Å². The molecule has 1 fully saturated rings. The monoisotopic (exact) mass is 551 g/mol. The third-order valence-electron chi connectivity index (χ3n) is 6.68. The summed E-state index contributed by atoms with van der Waals surface area (Å²) in [5, 5.41) is 2.98. The highest BCUT2D eigenvalue weighted by Gasteiger charge is 2.36. The summed E-state index contributed by atoms with van der Waals surface area (Å²) in [6.07, 6.45) is 1.69. The minimum Gasteiger partial charge on any atom is -0.494 e. The summed E-state index contributed by atoms with van der Waals surface area (Å²) in [6.45, 7) is 7.24. The summed E-state index contributed by atoms with van der Waals surface area (Å²) in [5.41, 5.74) is 14.3. The molecule has 0 saturated carbocycles. The second-order valence-corrected chi connectivity index (χ2v) is 10.1. The van der Waals surface area contributed by atoms with Crippen LogP contribution in [0.1, 0.15) is 62.7 Å². The molecule has 39 heavy (non-hydrogen) atoms. The van der Waals surface area contributed by atoms with Crippen molar-refractivity contribution >= 4 is 40.6 Å². The number of ether oxygens (including phenoxy) is 2. The number of hydrogen-bond acceptors (Lipinski definition) is 8. The molecule has 1 aliphatic rings. The Bertz CT molecular complexity index is 1350. The van der Waals surface area contributed by atoms with Gasteiger partial charge in [0, 0.05) is 18.8 Å². The molecule has 2 heterocycles. The summed E-state index contributed by atoms with van der Waals surface area (Å²) in [4.78, 5) is 41.3. The van der Waals surface area contributed by atoms with Crippen LogP contribution in [0.2, 0.25) is 0 Å². The highest BCUT2D eigenvalue weighted by molar-refractivity contribution is 7.09. The van der Waals surface area contributed by atoms with E-state index >= 15 is 0 Å². The predicted molar refractivity (Wildman–Crippen MR) is 150 cm³/mol. The van der Waals surface area contributed by atoms with Crippen molar-refractivity contribution in [3.63, 3.8) is 0 Å². The Morgan fingerprint density at radius 2 is 1.92 bits per heavy atom. The van der Waals surface area contributed by atoms with Crippen LogP contribution in [0.5, 0.6) is 5.75 Å². The zero-order valence-electron chi connectivity index (χ0n) is 22.2. The fourth-order valence-electron chi connectivity index (χ4n) is 4.44. The summed E-state index contributed by atoms with van der Waals surface area (Å²) in [5.74, 6) is -1.16. The van der Waals surface area contributed by atoms with Gasteiger partial charge in [-0.05, 0) is 86.1 Å². The van der Waals surface area contributed by atoms with E-state index in [2.05, 4.69) is 9.69 Å². The molecule has 0 spiro atoms. The largest absolute Gasteiger partial charge is 0.494 e. The van der Waals surface area contributed by atoms with Crippen LogP contribution in [-0.2, 0) is 9.53 Å². The third-order valence-corrected chi connectivity index (χ3v) is 7.54. The molecule has 0 aliphatic carbocycles. The molecule has 11 heteroatoms. The van der Waals surface area contributed by atoms with Crippen molar-refractivity contribution in [2.45, 2.75) is 45.8 Å². The Kier molecular flexibility index (Phi) is 8.82. The van der Waals surface area contributed by atoms with Crippen molar-refractivity contribution in [2.75, 3.05) is 30.4 Å². The van der Waals surface area contributed by atoms with Gasteiger partial charge < -0.3 is 26.3 Å². The fraction of sp³-hybridized carbons (Fsp3) is 0.357. The van der Waals surface area contributed by atoms with Gasteiger partial charge in [0.25, 0.3) is 11.8 Å². The molecule has 0 unspecified atom stereocenters. The number of nitrogens with one attached hydrogen (secondary N) is 1. The van der Waals surface area contributed by atoms with E-state index in [4.69, 9.17) is 20.9 Å². The van der Waals surface area contributed by atoms with Crippen molar-refractivity contribution in [3.8, 4) is 5.75 Å². The van der Waals surface area contributed by atoms with E-state index in [0.717, 1.165) is 35.5 Å². The molecule has 1 saturated heterocycles. The molecule has 2 aromatic carbocycles. The van der Waals surface area contributed by atoms with Crippen molar-refractivity contribution in [1.29, 1.82) is 0 Å². The van der Waals surface area contributed by atoms with Gasteiger partial charge in [0.2, 0.25) is 5.91 Å². The third kappa shape index (κ3) is 6.21. The number of benzene rings is 2. The number of amides is 3. The number of hydrogen-bond donors (Lipinski definition) is 3. The van der Waals surface area contributed by atoms with E-state index in [1.165, 1.54) is 4.90 Å². The number of nitrogen functional groups attached to an aromatic ring is 1. The number of aromatic nitrogens is 1. The molecular formula is C28H33N5O5S. The molecule has 3 aromatic rings. The van der Waals surface area contributed by atoms with Crippen LogP contribution in [0, 0.1) is 13.8 Å². The highest BCUT2D eigenvalue weighted by Crippen LogP contribution is 2.34. The van der Waals surface area contributed by atoms with E-state index in [-0.39, 0.29) is 28.3 Å². The van der Waals surface area contributed by atoms with Gasteiger partial charge in [-0.15, -0.1) is 0 Å². The molecule has 206 valence electrons. The maximum atomic E-state index is 14.2. The second-order valence-electron chi connectivity index (χ2n) is 9.37. The molecule has 1 aliphatic heterocycles. The lowest BCUT2D eigenvalue weighted by Crippen LogP contribution is -2.45. The average molecular weight is 552 g/mol. The fourth-order valence-corrected chi connectivity index (χ4v) is 5.19. The summed E-state index contributed by atoms with van der Waals surface area (Å²) >= 11 is 0.771. The lowest BCUT2D eigenvalue weighted by atomic mass is 10.0. The van der Waals surface area contributed by atoms with Crippen LogP contribution in [-0.4, -0.2) is 48.0 Å². The number of aryl methyl sites for hydroxylation is 2. The van der Waals surface area contributed by atoms with Crippen LogP contribution < -0.4 is 26.4 Å². The van der Waals surface area contributed by atoms with E-state index in [1.54, 1.807) is 30.3 Å². The number of primary amides is 1. The van der Waals surface area contributed by atoms with Gasteiger partial charge in [-0.1, -0.05) is 18.2 Å². The predicted octanol–water partition coefficient (Wildman–Crippen LogP) is 3.52. The van der Waals surface area contributed by atoms with E-state index in [9.17, 15) is 14.4 Å². The minimum atomic E-state index is -1.07. The topological polar surface area (TPSA) is 150 Å². The van der Waals surface area contributed by atoms with Crippen LogP contribution in [0.15, 0.2) is 42.5 Å². The Morgan fingerprint density at radius 3 is 2.51 bits per heavy atom. The molecule has 2 atom stereocenters. The number of nitrogens with zero attached hydrogens (tertiary/aromatic N) is 2. The number of anilines is 2. The Hall–Kier alpha value is -3.96. The summed E-state index contributed by atoms with van der Waals surface area (Å²) in [7, 11) is 0. The SMILES string of the molecule is CCOc1ccc([C@H](C(=O)NC[C@H]2CCCO2)N(C(=O)c2snc(C(N)=O)c2N)c2ccc(C)c(C)c2)cc1. The van der Waals surface area contributed by atoms with Gasteiger partial charge >= 0.3 is 0 Å². The molecule has 0 radical (unpaired) electrons. The number of carbonyl (C=O) groups is 3. The van der Waals surface area contributed by atoms with E-state index in [0.29, 0.717) is 36.8 Å². The molecule has 1 aromatic heterocycles. The normalized spacial score (nSPS) is 15.5. The first-order valence-corrected chi connectivity index (χ1v) is 13.6. The first-order chi connectivity index (χ1) is 18.7. The molecular weight excluding hydrogens is 518 g/mol. The first-order valence-electron chi connectivity index (χ1n) is 12.8. The van der Waals surface area contributed by atoms with Crippen LogP contribution >= 0.6 is 11.5 Å². The summed E-state index contributed by atoms with van der Waals surface area (Å²) in [6, 6.07) is 11.5. The molecule has 3 amide bonds. The minimum absolute atomic E-state index is 0.0184. The lowest BCUT2D eigenvalue weighted by molar-refractivity contribution is -0.123. The Morgan fingerprint density at radius 1 is 1.18 bits per heavy atom.